The second-order valence-electron chi connectivity index (χ2n) is 4.89. The van der Waals surface area contributed by atoms with Crippen LogP contribution in [0.3, 0.4) is 0 Å². The first kappa shape index (κ1) is 15.9. The molecule has 2 aromatic carbocycles. The van der Waals surface area contributed by atoms with Gasteiger partial charge in [0.25, 0.3) is 5.91 Å². The molecular formula is C18H21NO3. The Hall–Kier alpha value is -2.49. The van der Waals surface area contributed by atoms with Gasteiger partial charge in [-0.3, -0.25) is 4.79 Å². The summed E-state index contributed by atoms with van der Waals surface area (Å²) in [5, 5.41) is 2.90. The number of methoxy groups -OCH3 is 1. The Balaban J connectivity index is 1.90. The Morgan fingerprint density at radius 2 is 1.68 bits per heavy atom. The number of nitrogens with one attached hydrogen (secondary N) is 1. The van der Waals surface area contributed by atoms with Crippen molar-refractivity contribution in [3.05, 3.63) is 60.2 Å². The highest BCUT2D eigenvalue weighted by molar-refractivity contribution is 5.81. The van der Waals surface area contributed by atoms with Gasteiger partial charge in [0.15, 0.2) is 6.10 Å². The highest BCUT2D eigenvalue weighted by atomic mass is 16.5. The minimum atomic E-state index is -0.503. The Labute approximate surface area is 131 Å². The van der Waals surface area contributed by atoms with Crippen LogP contribution in [0.5, 0.6) is 11.5 Å². The second kappa shape index (κ2) is 8.08. The molecule has 0 aliphatic carbocycles. The molecule has 0 radical (unpaired) electrons. The van der Waals surface area contributed by atoms with Gasteiger partial charge in [-0.05, 0) is 36.2 Å². The smallest absolute Gasteiger partial charge is 0.261 e. The third-order valence-corrected chi connectivity index (χ3v) is 3.31. The molecule has 0 fully saturated rings. The maximum absolute atomic E-state index is 12.2. The van der Waals surface area contributed by atoms with Crippen LogP contribution in [-0.2, 0) is 11.3 Å². The van der Waals surface area contributed by atoms with Gasteiger partial charge in [-0.25, -0.2) is 0 Å². The van der Waals surface area contributed by atoms with Crippen LogP contribution in [0.1, 0.15) is 18.9 Å². The van der Waals surface area contributed by atoms with Crippen molar-refractivity contribution in [2.75, 3.05) is 7.11 Å². The van der Waals surface area contributed by atoms with Gasteiger partial charge in [0, 0.05) is 6.54 Å². The number of ether oxygens (including phenoxy) is 2. The fraction of sp³-hybridized carbons (Fsp3) is 0.278. The van der Waals surface area contributed by atoms with E-state index in [9.17, 15) is 4.79 Å². The third-order valence-electron chi connectivity index (χ3n) is 3.31. The lowest BCUT2D eigenvalue weighted by Crippen LogP contribution is -2.37. The molecule has 1 N–H and O–H groups in total. The van der Waals surface area contributed by atoms with E-state index in [0.717, 1.165) is 11.3 Å². The second-order valence-corrected chi connectivity index (χ2v) is 4.89. The summed E-state index contributed by atoms with van der Waals surface area (Å²) in [5.74, 6) is 1.30. The number of hydrogen-bond donors (Lipinski definition) is 1. The summed E-state index contributed by atoms with van der Waals surface area (Å²) in [7, 11) is 1.61. The summed E-state index contributed by atoms with van der Waals surface area (Å²) in [5.41, 5.74) is 1.06. The van der Waals surface area contributed by atoms with Crippen LogP contribution in [0.4, 0.5) is 0 Å². The summed E-state index contributed by atoms with van der Waals surface area (Å²) < 4.78 is 10.8. The van der Waals surface area contributed by atoms with Crippen molar-refractivity contribution in [2.45, 2.75) is 26.0 Å². The van der Waals surface area contributed by atoms with Crippen LogP contribution >= 0.6 is 0 Å². The minimum absolute atomic E-state index is 0.109. The highest BCUT2D eigenvalue weighted by Gasteiger charge is 2.17. The minimum Gasteiger partial charge on any atom is -0.497 e. The van der Waals surface area contributed by atoms with Crippen molar-refractivity contribution in [3.63, 3.8) is 0 Å². The standard InChI is InChI=1S/C18H21NO3/c1-3-17(22-16-11-9-15(21-2)10-12-16)18(20)19-13-14-7-5-4-6-8-14/h4-12,17H,3,13H2,1-2H3,(H,19,20)/t17-/m1/s1. The van der Waals surface area contributed by atoms with E-state index in [1.807, 2.05) is 49.4 Å². The summed E-state index contributed by atoms with van der Waals surface area (Å²) in [4.78, 5) is 12.2. The average molecular weight is 299 g/mol. The molecule has 1 amide bonds. The van der Waals surface area contributed by atoms with Crippen molar-refractivity contribution >= 4 is 5.91 Å². The van der Waals surface area contributed by atoms with Crippen LogP contribution in [-0.4, -0.2) is 19.1 Å². The van der Waals surface area contributed by atoms with Gasteiger partial charge < -0.3 is 14.8 Å². The molecule has 2 rings (SSSR count). The highest BCUT2D eigenvalue weighted by Crippen LogP contribution is 2.19. The first-order valence-electron chi connectivity index (χ1n) is 7.35. The van der Waals surface area contributed by atoms with Crippen LogP contribution < -0.4 is 14.8 Å². The van der Waals surface area contributed by atoms with Crippen LogP contribution in [0.2, 0.25) is 0 Å². The number of hydrogen-bond acceptors (Lipinski definition) is 3. The van der Waals surface area contributed by atoms with Crippen molar-refractivity contribution < 1.29 is 14.3 Å². The van der Waals surface area contributed by atoms with Crippen molar-refractivity contribution in [1.29, 1.82) is 0 Å². The Bertz CT molecular complexity index is 581. The first-order valence-corrected chi connectivity index (χ1v) is 7.35. The zero-order valence-electron chi connectivity index (χ0n) is 12.9. The maximum atomic E-state index is 12.2. The molecule has 4 heteroatoms. The lowest BCUT2D eigenvalue weighted by atomic mass is 10.2. The van der Waals surface area contributed by atoms with E-state index in [1.54, 1.807) is 19.2 Å². The normalized spacial score (nSPS) is 11.5. The van der Waals surface area contributed by atoms with Gasteiger partial charge in [-0.1, -0.05) is 37.3 Å². The van der Waals surface area contributed by atoms with Gasteiger partial charge in [0.2, 0.25) is 0 Å². The van der Waals surface area contributed by atoms with Gasteiger partial charge in [-0.15, -0.1) is 0 Å². The molecule has 0 aliphatic rings. The molecule has 4 nitrogen and oxygen atoms in total. The molecule has 0 unspecified atom stereocenters. The molecule has 0 aromatic heterocycles. The predicted octanol–water partition coefficient (Wildman–Crippen LogP) is 3.17. The molecule has 0 aliphatic heterocycles. The molecule has 22 heavy (non-hydrogen) atoms. The summed E-state index contributed by atoms with van der Waals surface area (Å²) in [6, 6.07) is 17.0. The Morgan fingerprint density at radius 3 is 2.27 bits per heavy atom. The van der Waals surface area contributed by atoms with Crippen LogP contribution in [0.25, 0.3) is 0 Å². The predicted molar refractivity (Wildman–Crippen MR) is 86.0 cm³/mol. The number of carbonyl (C=O) groups is 1. The number of carbonyl (C=O) groups excluding carboxylic acids is 1. The van der Waals surface area contributed by atoms with E-state index < -0.39 is 6.10 Å². The van der Waals surface area contributed by atoms with E-state index in [2.05, 4.69) is 5.32 Å². The molecule has 0 bridgehead atoms. The average Bonchev–Trinajstić information content (AvgIpc) is 2.59. The van der Waals surface area contributed by atoms with Crippen molar-refractivity contribution in [2.24, 2.45) is 0 Å². The van der Waals surface area contributed by atoms with E-state index in [0.29, 0.717) is 18.7 Å². The molecule has 0 saturated carbocycles. The molecule has 0 heterocycles. The zero-order valence-corrected chi connectivity index (χ0v) is 12.9. The number of rotatable bonds is 7. The Morgan fingerprint density at radius 1 is 1.05 bits per heavy atom. The van der Waals surface area contributed by atoms with E-state index in [1.165, 1.54) is 0 Å². The molecule has 0 spiro atoms. The Kier molecular flexibility index (Phi) is 5.83. The van der Waals surface area contributed by atoms with Crippen molar-refractivity contribution in [3.8, 4) is 11.5 Å². The topological polar surface area (TPSA) is 47.6 Å². The lowest BCUT2D eigenvalue weighted by molar-refractivity contribution is -0.128. The fourth-order valence-corrected chi connectivity index (χ4v) is 2.04. The summed E-state index contributed by atoms with van der Waals surface area (Å²) in [6.07, 6.45) is 0.101. The molecule has 0 saturated heterocycles. The molecule has 2 aromatic rings. The van der Waals surface area contributed by atoms with Gasteiger partial charge >= 0.3 is 0 Å². The van der Waals surface area contributed by atoms with Gasteiger partial charge in [0.05, 0.1) is 7.11 Å². The maximum Gasteiger partial charge on any atom is 0.261 e. The SMILES string of the molecule is CC[C@@H](Oc1ccc(OC)cc1)C(=O)NCc1ccccc1. The summed E-state index contributed by atoms with van der Waals surface area (Å²) in [6.45, 7) is 2.43. The quantitative estimate of drug-likeness (QED) is 0.854. The zero-order chi connectivity index (χ0) is 15.8. The van der Waals surface area contributed by atoms with E-state index >= 15 is 0 Å². The molecular weight excluding hydrogens is 278 g/mol. The van der Waals surface area contributed by atoms with Gasteiger partial charge in [-0.2, -0.15) is 0 Å². The van der Waals surface area contributed by atoms with Crippen molar-refractivity contribution in [1.82, 2.24) is 5.32 Å². The fourth-order valence-electron chi connectivity index (χ4n) is 2.04. The summed E-state index contributed by atoms with van der Waals surface area (Å²) >= 11 is 0. The number of benzene rings is 2. The van der Waals surface area contributed by atoms with Gasteiger partial charge in [0.1, 0.15) is 11.5 Å². The van der Waals surface area contributed by atoms with E-state index in [-0.39, 0.29) is 5.91 Å². The van der Waals surface area contributed by atoms with Crippen LogP contribution in [0.15, 0.2) is 54.6 Å². The lowest BCUT2D eigenvalue weighted by Gasteiger charge is -2.17. The van der Waals surface area contributed by atoms with E-state index in [4.69, 9.17) is 9.47 Å². The third kappa shape index (κ3) is 4.52. The number of amides is 1. The largest absolute Gasteiger partial charge is 0.497 e. The van der Waals surface area contributed by atoms with Crippen LogP contribution in [0, 0.1) is 0 Å². The molecule has 1 atom stereocenters. The molecule has 116 valence electrons. The first-order chi connectivity index (χ1) is 10.7. The monoisotopic (exact) mass is 299 g/mol.